The first kappa shape index (κ1) is 22.9. The molecule has 3 rings (SSSR count). The van der Waals surface area contributed by atoms with Crippen molar-refractivity contribution in [2.75, 3.05) is 24.3 Å². The number of aromatic amines is 1. The van der Waals surface area contributed by atoms with Crippen LogP contribution < -0.4 is 20.4 Å². The molecular weight excluding hydrogens is 402 g/mol. The van der Waals surface area contributed by atoms with Crippen LogP contribution in [0.2, 0.25) is 18.1 Å². The molecule has 0 bridgehead atoms. The Hall–Kier alpha value is -2.77. The Bertz CT molecular complexity index is 1010. The molecule has 31 heavy (non-hydrogen) atoms. The van der Waals surface area contributed by atoms with Gasteiger partial charge in [0.15, 0.2) is 5.82 Å². The zero-order valence-electron chi connectivity index (χ0n) is 19.7. The van der Waals surface area contributed by atoms with Crippen molar-refractivity contribution in [2.24, 2.45) is 0 Å². The summed E-state index contributed by atoms with van der Waals surface area (Å²) >= 11 is 0. The summed E-state index contributed by atoms with van der Waals surface area (Å²) < 4.78 is 6.38. The maximum atomic E-state index is 6.38. The Morgan fingerprint density at radius 2 is 1.74 bits per heavy atom. The van der Waals surface area contributed by atoms with Crippen molar-refractivity contribution >= 4 is 25.5 Å². The molecule has 2 aromatic carbocycles. The van der Waals surface area contributed by atoms with Gasteiger partial charge in [-0.05, 0) is 85.7 Å². The smallest absolute Gasteiger partial charge is 0.250 e. The molecule has 0 unspecified atom stereocenters. The van der Waals surface area contributed by atoms with Gasteiger partial charge in [0.25, 0.3) is 0 Å². The summed E-state index contributed by atoms with van der Waals surface area (Å²) in [4.78, 5) is 0. The maximum Gasteiger partial charge on any atom is 0.250 e. The molecule has 6 nitrogen and oxygen atoms in total. The van der Waals surface area contributed by atoms with Crippen molar-refractivity contribution in [1.82, 2.24) is 15.5 Å². The van der Waals surface area contributed by atoms with Crippen molar-refractivity contribution in [3.05, 3.63) is 54.1 Å². The first-order valence-corrected chi connectivity index (χ1v) is 13.6. The molecule has 0 saturated heterocycles. The van der Waals surface area contributed by atoms with Crippen molar-refractivity contribution in [3.8, 4) is 17.0 Å². The number of hydrogen-bond acceptors (Lipinski definition) is 5. The predicted octanol–water partition coefficient (Wildman–Crippen LogP) is 6.10. The highest BCUT2D eigenvalue weighted by Crippen LogP contribution is 2.37. The van der Waals surface area contributed by atoms with E-state index < -0.39 is 8.32 Å². The fourth-order valence-electron chi connectivity index (χ4n) is 2.93. The second-order valence-electron chi connectivity index (χ2n) is 9.42. The van der Waals surface area contributed by atoms with Crippen molar-refractivity contribution in [2.45, 2.75) is 45.8 Å². The monoisotopic (exact) mass is 437 g/mol. The van der Waals surface area contributed by atoms with E-state index >= 15 is 0 Å². The third-order valence-corrected chi connectivity index (χ3v) is 10.2. The molecule has 0 aliphatic carbocycles. The molecule has 3 aromatic rings. The summed E-state index contributed by atoms with van der Waals surface area (Å²) in [7, 11) is 0.0797. The lowest BCUT2D eigenvalue weighted by molar-refractivity contribution is 0.492. The fourth-order valence-corrected chi connectivity index (χ4v) is 3.96. The van der Waals surface area contributed by atoms with E-state index in [1.807, 2.05) is 25.2 Å². The normalized spacial score (nSPS) is 12.0. The minimum absolute atomic E-state index is 0.175. The van der Waals surface area contributed by atoms with Crippen LogP contribution in [0, 0.1) is 6.92 Å². The maximum absolute atomic E-state index is 6.38. The zero-order valence-corrected chi connectivity index (χ0v) is 20.7. The lowest BCUT2D eigenvalue weighted by atomic mass is 10.1. The number of nitrogens with one attached hydrogen (secondary N) is 4. The predicted molar refractivity (Wildman–Crippen MR) is 134 cm³/mol. The molecule has 0 aliphatic heterocycles. The van der Waals surface area contributed by atoms with Crippen molar-refractivity contribution < 1.29 is 4.43 Å². The number of aromatic nitrogens is 2. The average Bonchev–Trinajstić information content (AvgIpc) is 3.16. The summed E-state index contributed by atoms with van der Waals surface area (Å²) in [5.74, 6) is 1.71. The number of rotatable bonds is 8. The first-order valence-electron chi connectivity index (χ1n) is 10.7. The summed E-state index contributed by atoms with van der Waals surface area (Å²) in [6.45, 7) is 14.1. The van der Waals surface area contributed by atoms with E-state index in [1.54, 1.807) is 0 Å². The van der Waals surface area contributed by atoms with Gasteiger partial charge in [-0.25, -0.2) is 0 Å². The van der Waals surface area contributed by atoms with E-state index in [-0.39, 0.29) is 5.04 Å². The van der Waals surface area contributed by atoms with Gasteiger partial charge in [0.1, 0.15) is 5.75 Å². The van der Waals surface area contributed by atoms with Crippen LogP contribution in [-0.2, 0) is 0 Å². The van der Waals surface area contributed by atoms with E-state index in [0.717, 1.165) is 46.4 Å². The molecule has 1 heterocycles. The number of H-pyrrole nitrogens is 1. The van der Waals surface area contributed by atoms with Crippen LogP contribution in [0.25, 0.3) is 11.3 Å². The molecule has 1 aromatic heterocycles. The van der Waals surface area contributed by atoms with Crippen LogP contribution in [0.1, 0.15) is 26.3 Å². The SMILES string of the molecule is CNCNc1ccc(Nc2cc(-c3ccc(O[Si](C)(C)C(C)(C)C)cc3)[nH]n2)c(C)c1. The van der Waals surface area contributed by atoms with Crippen LogP contribution in [0.3, 0.4) is 0 Å². The Morgan fingerprint density at radius 3 is 2.35 bits per heavy atom. The van der Waals surface area contributed by atoms with Crippen LogP contribution in [0.4, 0.5) is 17.2 Å². The molecule has 166 valence electrons. The molecule has 7 heteroatoms. The Kier molecular flexibility index (Phi) is 6.76. The Balaban J connectivity index is 1.68. The molecule has 0 saturated carbocycles. The second-order valence-corrected chi connectivity index (χ2v) is 14.1. The third-order valence-electron chi connectivity index (χ3n) is 5.88. The average molecular weight is 438 g/mol. The molecule has 0 aliphatic rings. The van der Waals surface area contributed by atoms with Crippen molar-refractivity contribution in [3.63, 3.8) is 0 Å². The zero-order chi connectivity index (χ0) is 22.6. The van der Waals surface area contributed by atoms with Crippen LogP contribution in [0.5, 0.6) is 5.75 Å². The van der Waals surface area contributed by atoms with Gasteiger partial charge in [-0.1, -0.05) is 20.8 Å². The third kappa shape index (κ3) is 5.68. The van der Waals surface area contributed by atoms with E-state index in [0.29, 0.717) is 0 Å². The number of anilines is 3. The minimum atomic E-state index is -1.84. The first-order chi connectivity index (χ1) is 14.6. The van der Waals surface area contributed by atoms with E-state index in [2.05, 4.69) is 97.3 Å². The second kappa shape index (κ2) is 9.16. The van der Waals surface area contributed by atoms with Crippen LogP contribution >= 0.6 is 0 Å². The highest BCUT2D eigenvalue weighted by molar-refractivity contribution is 6.74. The molecule has 4 N–H and O–H groups in total. The largest absolute Gasteiger partial charge is 0.544 e. The summed E-state index contributed by atoms with van der Waals surface area (Å²) in [6.07, 6.45) is 0. The number of nitrogens with zero attached hydrogens (tertiary/aromatic N) is 1. The summed E-state index contributed by atoms with van der Waals surface area (Å²) in [5.41, 5.74) is 5.31. The quantitative estimate of drug-likeness (QED) is 0.253. The fraction of sp³-hybridized carbons (Fsp3) is 0.375. The molecule has 0 amide bonds. The van der Waals surface area contributed by atoms with Gasteiger partial charge in [-0.3, -0.25) is 5.10 Å². The van der Waals surface area contributed by atoms with E-state index in [4.69, 9.17) is 4.43 Å². The van der Waals surface area contributed by atoms with Gasteiger partial charge in [0, 0.05) is 17.4 Å². The summed E-state index contributed by atoms with van der Waals surface area (Å²) in [6, 6.07) is 16.5. The van der Waals surface area contributed by atoms with Gasteiger partial charge in [-0.15, -0.1) is 0 Å². The Morgan fingerprint density at radius 1 is 1.03 bits per heavy atom. The molecule has 0 atom stereocenters. The van der Waals surface area contributed by atoms with Gasteiger partial charge >= 0.3 is 0 Å². The van der Waals surface area contributed by atoms with Crippen LogP contribution in [0.15, 0.2) is 48.5 Å². The van der Waals surface area contributed by atoms with Gasteiger partial charge in [-0.2, -0.15) is 5.10 Å². The highest BCUT2D eigenvalue weighted by Gasteiger charge is 2.38. The summed E-state index contributed by atoms with van der Waals surface area (Å²) in [5, 5.41) is 17.5. The topological polar surface area (TPSA) is 74.0 Å². The standard InChI is InChI=1S/C24H35N5OSi/c1-17-14-19(26-16-25-5)10-13-21(17)27-23-15-22(28-29-23)18-8-11-20(12-9-18)30-31(6,7)24(2,3)4/h8-15,25-26H,16H2,1-7H3,(H2,27,28,29). The molecule has 0 radical (unpaired) electrons. The van der Waals surface area contributed by atoms with Crippen molar-refractivity contribution in [1.29, 1.82) is 0 Å². The van der Waals surface area contributed by atoms with Gasteiger partial charge < -0.3 is 20.4 Å². The van der Waals surface area contributed by atoms with E-state index in [1.165, 1.54) is 0 Å². The van der Waals surface area contributed by atoms with Gasteiger partial charge in [0.2, 0.25) is 8.32 Å². The Labute approximate surface area is 186 Å². The molecular formula is C24H35N5OSi. The number of benzene rings is 2. The lowest BCUT2D eigenvalue weighted by Gasteiger charge is -2.36. The molecule has 0 fully saturated rings. The highest BCUT2D eigenvalue weighted by atomic mass is 28.4. The number of aryl methyl sites for hydroxylation is 1. The number of hydrogen-bond donors (Lipinski definition) is 4. The van der Waals surface area contributed by atoms with E-state index in [9.17, 15) is 0 Å². The van der Waals surface area contributed by atoms with Gasteiger partial charge in [0.05, 0.1) is 12.4 Å². The van der Waals surface area contributed by atoms with Crippen LogP contribution in [-0.4, -0.2) is 32.2 Å². The minimum Gasteiger partial charge on any atom is -0.544 e. The lowest BCUT2D eigenvalue weighted by Crippen LogP contribution is -2.43. The molecule has 0 spiro atoms.